The topological polar surface area (TPSA) is 98.2 Å². The van der Waals surface area contributed by atoms with Gasteiger partial charge in [0, 0.05) is 30.1 Å². The average Bonchev–Trinajstić information content (AvgIpc) is 3.43. The predicted molar refractivity (Wildman–Crippen MR) is 144 cm³/mol. The van der Waals surface area contributed by atoms with Gasteiger partial charge in [0.25, 0.3) is 5.56 Å². The summed E-state index contributed by atoms with van der Waals surface area (Å²) in [5.74, 6) is 2.26. The first-order valence-electron chi connectivity index (χ1n) is 13.7. The van der Waals surface area contributed by atoms with Crippen LogP contribution in [0, 0.1) is 0 Å². The number of aromatic amines is 1. The summed E-state index contributed by atoms with van der Waals surface area (Å²) in [6.45, 7) is 4.33. The van der Waals surface area contributed by atoms with E-state index in [9.17, 15) is 4.79 Å². The lowest BCUT2D eigenvalue weighted by Crippen LogP contribution is -2.33. The normalized spacial score (nSPS) is 16.7. The molecule has 2 aromatic heterocycles. The number of rotatable bonds is 8. The van der Waals surface area contributed by atoms with Crippen LogP contribution >= 0.6 is 0 Å². The van der Waals surface area contributed by atoms with Gasteiger partial charge in [-0.3, -0.25) is 9.69 Å². The first-order valence-corrected chi connectivity index (χ1v) is 13.7. The van der Waals surface area contributed by atoms with Crippen LogP contribution in [0.3, 0.4) is 0 Å². The van der Waals surface area contributed by atoms with Gasteiger partial charge in [-0.1, -0.05) is 56.5 Å². The molecule has 9 nitrogen and oxygen atoms in total. The number of nitrogens with zero attached hydrogens (tertiary/aromatic N) is 5. The van der Waals surface area contributed by atoms with E-state index in [4.69, 9.17) is 9.47 Å². The third kappa shape index (κ3) is 5.03. The number of benzene rings is 2. The number of ether oxygens (including phenoxy) is 2. The zero-order chi connectivity index (χ0) is 25.9. The summed E-state index contributed by atoms with van der Waals surface area (Å²) < 4.78 is 13.5. The highest BCUT2D eigenvalue weighted by atomic mass is 16.6. The van der Waals surface area contributed by atoms with E-state index in [1.54, 1.807) is 0 Å². The average molecular weight is 515 g/mol. The van der Waals surface area contributed by atoms with Crippen molar-refractivity contribution in [1.82, 2.24) is 30.1 Å². The molecule has 1 atom stereocenters. The van der Waals surface area contributed by atoms with Crippen molar-refractivity contribution in [2.75, 3.05) is 13.2 Å². The van der Waals surface area contributed by atoms with Gasteiger partial charge in [-0.25, -0.2) is 4.68 Å². The lowest BCUT2D eigenvalue weighted by molar-refractivity contribution is 0.155. The molecular formula is C29H34N6O3. The van der Waals surface area contributed by atoms with Crippen molar-refractivity contribution in [2.45, 2.75) is 70.6 Å². The van der Waals surface area contributed by atoms with E-state index in [0.29, 0.717) is 49.4 Å². The van der Waals surface area contributed by atoms with E-state index in [1.165, 1.54) is 24.8 Å². The van der Waals surface area contributed by atoms with E-state index in [1.807, 2.05) is 24.3 Å². The minimum atomic E-state index is -0.103. The van der Waals surface area contributed by atoms with Gasteiger partial charge < -0.3 is 14.5 Å². The predicted octanol–water partition coefficient (Wildman–Crippen LogP) is 4.94. The molecule has 1 N–H and O–H groups in total. The SMILES string of the molecule is CC[C@H](c1nnnn1C1CCCCC1)N(Cc1ccccc1)Cc1cc2cc3c(cc2[nH]c1=O)OCCO3. The zero-order valence-electron chi connectivity index (χ0n) is 21.8. The minimum absolute atomic E-state index is 0.0394. The minimum Gasteiger partial charge on any atom is -0.486 e. The van der Waals surface area contributed by atoms with Crippen LogP contribution in [0.25, 0.3) is 10.9 Å². The van der Waals surface area contributed by atoms with Crippen molar-refractivity contribution in [3.63, 3.8) is 0 Å². The Balaban J connectivity index is 1.37. The second-order valence-corrected chi connectivity index (χ2v) is 10.3. The first kappa shape index (κ1) is 24.6. The van der Waals surface area contributed by atoms with Gasteiger partial charge in [0.2, 0.25) is 0 Å². The monoisotopic (exact) mass is 514 g/mol. The third-order valence-corrected chi connectivity index (χ3v) is 7.75. The molecule has 3 heterocycles. The molecule has 0 saturated heterocycles. The Morgan fingerprint density at radius 3 is 2.55 bits per heavy atom. The van der Waals surface area contributed by atoms with E-state index in [-0.39, 0.29) is 11.6 Å². The molecule has 38 heavy (non-hydrogen) atoms. The maximum Gasteiger partial charge on any atom is 0.252 e. The van der Waals surface area contributed by atoms with Gasteiger partial charge in [-0.05, 0) is 47.4 Å². The summed E-state index contributed by atoms with van der Waals surface area (Å²) in [4.78, 5) is 18.7. The quantitative estimate of drug-likeness (QED) is 0.355. The fraction of sp³-hybridized carbons (Fsp3) is 0.448. The van der Waals surface area contributed by atoms with Crippen LogP contribution in [0.5, 0.6) is 11.5 Å². The molecule has 198 valence electrons. The summed E-state index contributed by atoms with van der Waals surface area (Å²) in [5.41, 5.74) is 2.51. The van der Waals surface area contributed by atoms with Crippen molar-refractivity contribution in [3.8, 4) is 11.5 Å². The number of pyridine rings is 1. The van der Waals surface area contributed by atoms with E-state index >= 15 is 0 Å². The molecule has 1 saturated carbocycles. The van der Waals surface area contributed by atoms with Crippen LogP contribution in [0.2, 0.25) is 0 Å². The highest BCUT2D eigenvalue weighted by molar-refractivity contribution is 5.83. The van der Waals surface area contributed by atoms with Crippen LogP contribution in [-0.4, -0.2) is 43.3 Å². The molecule has 0 spiro atoms. The number of hydrogen-bond donors (Lipinski definition) is 1. The number of fused-ring (bicyclic) bond motifs is 2. The summed E-state index contributed by atoms with van der Waals surface area (Å²) in [7, 11) is 0. The number of nitrogens with one attached hydrogen (secondary N) is 1. The lowest BCUT2D eigenvalue weighted by Gasteiger charge is -2.32. The number of H-pyrrole nitrogens is 1. The molecule has 0 amide bonds. The molecule has 0 unspecified atom stereocenters. The molecule has 1 aliphatic heterocycles. The maximum absolute atomic E-state index is 13.3. The van der Waals surface area contributed by atoms with Crippen LogP contribution in [-0.2, 0) is 13.1 Å². The summed E-state index contributed by atoms with van der Waals surface area (Å²) >= 11 is 0. The molecule has 0 bridgehead atoms. The Kier molecular flexibility index (Phi) is 7.09. The van der Waals surface area contributed by atoms with E-state index in [2.05, 4.69) is 61.3 Å². The standard InChI is InChI=1S/C29H34N6O3/c1-2-25(28-31-32-33-35(28)23-11-7-4-8-12-23)34(18-20-9-5-3-6-10-20)19-22-15-21-16-26-27(38-14-13-37-26)17-24(21)30-29(22)36/h3,5-6,9-10,15-17,23,25H,2,4,7-8,11-14,18-19H2,1H3,(H,30,36)/t25-/m1/s1. The van der Waals surface area contributed by atoms with Gasteiger partial charge in [0.1, 0.15) is 13.2 Å². The Morgan fingerprint density at radius 2 is 1.79 bits per heavy atom. The first-order chi connectivity index (χ1) is 18.7. The molecule has 4 aromatic rings. The fourth-order valence-electron chi connectivity index (χ4n) is 5.83. The molecule has 6 rings (SSSR count). The maximum atomic E-state index is 13.3. The molecule has 0 radical (unpaired) electrons. The molecule has 1 fully saturated rings. The van der Waals surface area contributed by atoms with Crippen molar-refractivity contribution in [2.24, 2.45) is 0 Å². The van der Waals surface area contributed by atoms with Gasteiger partial charge >= 0.3 is 0 Å². The van der Waals surface area contributed by atoms with E-state index < -0.39 is 0 Å². The summed E-state index contributed by atoms with van der Waals surface area (Å²) in [5, 5.41) is 14.0. The second kappa shape index (κ2) is 10.9. The van der Waals surface area contributed by atoms with Crippen LogP contribution in [0.1, 0.15) is 74.5 Å². The Hall–Kier alpha value is -3.72. The highest BCUT2D eigenvalue weighted by Crippen LogP contribution is 2.35. The number of tetrazole rings is 1. The molecular weight excluding hydrogens is 480 g/mol. The van der Waals surface area contributed by atoms with Crippen LogP contribution in [0.15, 0.2) is 53.3 Å². The van der Waals surface area contributed by atoms with E-state index in [0.717, 1.165) is 36.0 Å². The molecule has 1 aliphatic carbocycles. The van der Waals surface area contributed by atoms with Gasteiger partial charge in [-0.2, -0.15) is 0 Å². The number of aromatic nitrogens is 5. The van der Waals surface area contributed by atoms with Crippen molar-refractivity contribution in [1.29, 1.82) is 0 Å². The van der Waals surface area contributed by atoms with Gasteiger partial charge in [0.05, 0.1) is 17.6 Å². The zero-order valence-corrected chi connectivity index (χ0v) is 21.8. The van der Waals surface area contributed by atoms with Crippen LogP contribution in [0.4, 0.5) is 0 Å². The molecule has 2 aromatic carbocycles. The highest BCUT2D eigenvalue weighted by Gasteiger charge is 2.29. The molecule has 2 aliphatic rings. The fourth-order valence-corrected chi connectivity index (χ4v) is 5.83. The van der Waals surface area contributed by atoms with Crippen molar-refractivity contribution >= 4 is 10.9 Å². The number of hydrogen-bond acceptors (Lipinski definition) is 7. The Morgan fingerprint density at radius 1 is 1.03 bits per heavy atom. The Bertz CT molecular complexity index is 1440. The van der Waals surface area contributed by atoms with Crippen LogP contribution < -0.4 is 15.0 Å². The molecule has 9 heteroatoms. The van der Waals surface area contributed by atoms with Gasteiger partial charge in [0.15, 0.2) is 17.3 Å². The third-order valence-electron chi connectivity index (χ3n) is 7.75. The smallest absolute Gasteiger partial charge is 0.252 e. The second-order valence-electron chi connectivity index (χ2n) is 10.3. The summed E-state index contributed by atoms with van der Waals surface area (Å²) in [6, 6.07) is 16.4. The van der Waals surface area contributed by atoms with Gasteiger partial charge in [-0.15, -0.1) is 5.10 Å². The van der Waals surface area contributed by atoms with Crippen molar-refractivity contribution < 1.29 is 9.47 Å². The largest absolute Gasteiger partial charge is 0.486 e. The summed E-state index contributed by atoms with van der Waals surface area (Å²) in [6.07, 6.45) is 6.72. The van der Waals surface area contributed by atoms with Crippen molar-refractivity contribution in [3.05, 3.63) is 75.8 Å². The Labute approximate surface area is 221 Å². The lowest BCUT2D eigenvalue weighted by atomic mass is 9.95.